The highest BCUT2D eigenvalue weighted by molar-refractivity contribution is 6.06. The Morgan fingerprint density at radius 1 is 0.667 bits per heavy atom. The maximum atomic E-state index is 12.5. The number of carbonyl (C=O) groups is 2. The molecule has 27 heavy (non-hydrogen) atoms. The molecule has 1 aromatic heterocycles. The van der Waals surface area contributed by atoms with Crippen molar-refractivity contribution >= 4 is 34.0 Å². The second kappa shape index (κ2) is 7.17. The normalized spacial score (nSPS) is 10.5. The molecule has 0 radical (unpaired) electrons. The van der Waals surface area contributed by atoms with Gasteiger partial charge in [-0.15, -0.1) is 0 Å². The summed E-state index contributed by atoms with van der Waals surface area (Å²) in [6.07, 6.45) is 1.44. The molecular weight excluding hydrogens is 340 g/mol. The number of benzene rings is 3. The lowest BCUT2D eigenvalue weighted by molar-refractivity contribution is 0.0994. The second-order valence-electron chi connectivity index (χ2n) is 6.02. The molecule has 0 aliphatic carbocycles. The summed E-state index contributed by atoms with van der Waals surface area (Å²) >= 11 is 0. The molecule has 4 rings (SSSR count). The standard InChI is InChI=1S/C22H16N2O3/c25-21(17-8-7-15-4-1-2-5-16(15)14-17)23-18-9-11-19(12-10-18)24-22(26)20-6-3-13-27-20/h1-14H,(H,23,25)(H,24,26). The Morgan fingerprint density at radius 3 is 2.00 bits per heavy atom. The van der Waals surface area contributed by atoms with Crippen molar-refractivity contribution in [1.82, 2.24) is 0 Å². The molecule has 0 aliphatic heterocycles. The number of nitrogens with one attached hydrogen (secondary N) is 2. The monoisotopic (exact) mass is 356 g/mol. The molecule has 2 N–H and O–H groups in total. The molecule has 0 saturated heterocycles. The molecule has 5 nitrogen and oxygen atoms in total. The first-order chi connectivity index (χ1) is 13.2. The van der Waals surface area contributed by atoms with Crippen molar-refractivity contribution in [2.24, 2.45) is 0 Å². The van der Waals surface area contributed by atoms with Crippen LogP contribution in [0.4, 0.5) is 11.4 Å². The van der Waals surface area contributed by atoms with Crippen LogP contribution in [0.3, 0.4) is 0 Å². The number of furan rings is 1. The maximum absolute atomic E-state index is 12.5. The lowest BCUT2D eigenvalue weighted by Crippen LogP contribution is -2.12. The van der Waals surface area contributed by atoms with Crippen LogP contribution in [-0.4, -0.2) is 11.8 Å². The highest BCUT2D eigenvalue weighted by Crippen LogP contribution is 2.18. The van der Waals surface area contributed by atoms with Gasteiger partial charge in [0.2, 0.25) is 0 Å². The first kappa shape index (κ1) is 16.6. The van der Waals surface area contributed by atoms with Gasteiger partial charge in [0.25, 0.3) is 11.8 Å². The second-order valence-corrected chi connectivity index (χ2v) is 6.02. The van der Waals surface area contributed by atoms with E-state index in [1.54, 1.807) is 42.5 Å². The minimum atomic E-state index is -0.326. The van der Waals surface area contributed by atoms with E-state index in [2.05, 4.69) is 10.6 Å². The van der Waals surface area contributed by atoms with Gasteiger partial charge >= 0.3 is 0 Å². The van der Waals surface area contributed by atoms with Crippen molar-refractivity contribution in [3.05, 3.63) is 96.4 Å². The number of anilines is 2. The largest absolute Gasteiger partial charge is 0.459 e. The predicted molar refractivity (Wildman–Crippen MR) is 105 cm³/mol. The zero-order valence-corrected chi connectivity index (χ0v) is 14.3. The third-order valence-corrected chi connectivity index (χ3v) is 4.16. The lowest BCUT2D eigenvalue weighted by atomic mass is 10.1. The van der Waals surface area contributed by atoms with Crippen molar-refractivity contribution in [2.45, 2.75) is 0 Å². The average Bonchev–Trinajstić information content (AvgIpc) is 3.24. The van der Waals surface area contributed by atoms with Gasteiger partial charge in [0.1, 0.15) is 0 Å². The van der Waals surface area contributed by atoms with E-state index in [1.807, 2.05) is 36.4 Å². The van der Waals surface area contributed by atoms with E-state index in [1.165, 1.54) is 6.26 Å². The van der Waals surface area contributed by atoms with Gasteiger partial charge in [-0.3, -0.25) is 9.59 Å². The van der Waals surface area contributed by atoms with Gasteiger partial charge < -0.3 is 15.1 Å². The molecule has 2 amide bonds. The summed E-state index contributed by atoms with van der Waals surface area (Å²) in [4.78, 5) is 24.4. The minimum Gasteiger partial charge on any atom is -0.459 e. The molecule has 132 valence electrons. The Kier molecular flexibility index (Phi) is 4.41. The van der Waals surface area contributed by atoms with E-state index in [4.69, 9.17) is 4.42 Å². The van der Waals surface area contributed by atoms with Crippen molar-refractivity contribution in [3.63, 3.8) is 0 Å². The van der Waals surface area contributed by atoms with Crippen molar-refractivity contribution in [3.8, 4) is 0 Å². The number of hydrogen-bond donors (Lipinski definition) is 2. The van der Waals surface area contributed by atoms with Crippen LogP contribution in [0, 0.1) is 0 Å². The summed E-state index contributed by atoms with van der Waals surface area (Å²) in [7, 11) is 0. The summed E-state index contributed by atoms with van der Waals surface area (Å²) in [6.45, 7) is 0. The van der Waals surface area contributed by atoms with E-state index in [0.29, 0.717) is 16.9 Å². The number of rotatable bonds is 4. The van der Waals surface area contributed by atoms with Crippen LogP contribution < -0.4 is 10.6 Å². The van der Waals surface area contributed by atoms with E-state index in [0.717, 1.165) is 10.8 Å². The molecule has 5 heteroatoms. The van der Waals surface area contributed by atoms with Gasteiger partial charge in [0.05, 0.1) is 6.26 Å². The number of carbonyl (C=O) groups excluding carboxylic acids is 2. The molecule has 0 unspecified atom stereocenters. The summed E-state index contributed by atoms with van der Waals surface area (Å²) in [5.41, 5.74) is 1.84. The highest BCUT2D eigenvalue weighted by Gasteiger charge is 2.10. The summed E-state index contributed by atoms with van der Waals surface area (Å²) in [5.74, 6) is -0.273. The van der Waals surface area contributed by atoms with E-state index < -0.39 is 0 Å². The topological polar surface area (TPSA) is 71.3 Å². The maximum Gasteiger partial charge on any atom is 0.291 e. The first-order valence-electron chi connectivity index (χ1n) is 8.44. The quantitative estimate of drug-likeness (QED) is 0.544. The number of fused-ring (bicyclic) bond motifs is 1. The average molecular weight is 356 g/mol. The van der Waals surface area contributed by atoms with E-state index in [9.17, 15) is 9.59 Å². The Labute approximate surface area is 155 Å². The Bertz CT molecular complexity index is 1100. The minimum absolute atomic E-state index is 0.187. The molecule has 1 heterocycles. The smallest absolute Gasteiger partial charge is 0.291 e. The molecule has 3 aromatic carbocycles. The molecule has 0 bridgehead atoms. The predicted octanol–water partition coefficient (Wildman–Crippen LogP) is 4.94. The highest BCUT2D eigenvalue weighted by atomic mass is 16.3. The molecular formula is C22H16N2O3. The third kappa shape index (κ3) is 3.72. The van der Waals surface area contributed by atoms with Crippen LogP contribution in [0.25, 0.3) is 10.8 Å². The zero-order valence-electron chi connectivity index (χ0n) is 14.3. The Morgan fingerprint density at radius 2 is 1.33 bits per heavy atom. The summed E-state index contributed by atoms with van der Waals surface area (Å²) in [6, 6.07) is 23.6. The lowest BCUT2D eigenvalue weighted by Gasteiger charge is -2.08. The van der Waals surface area contributed by atoms with Crippen molar-refractivity contribution in [2.75, 3.05) is 10.6 Å². The molecule has 0 aliphatic rings. The Balaban J connectivity index is 1.44. The number of hydrogen-bond acceptors (Lipinski definition) is 3. The third-order valence-electron chi connectivity index (χ3n) is 4.16. The van der Waals surface area contributed by atoms with E-state index >= 15 is 0 Å². The van der Waals surface area contributed by atoms with Gasteiger partial charge in [0, 0.05) is 16.9 Å². The van der Waals surface area contributed by atoms with Gasteiger partial charge in [-0.25, -0.2) is 0 Å². The van der Waals surface area contributed by atoms with Crippen LogP contribution in [0.2, 0.25) is 0 Å². The molecule has 0 spiro atoms. The van der Waals surface area contributed by atoms with Gasteiger partial charge in [-0.1, -0.05) is 30.3 Å². The molecule has 0 atom stereocenters. The fourth-order valence-corrected chi connectivity index (χ4v) is 2.77. The van der Waals surface area contributed by atoms with Gasteiger partial charge in [-0.05, 0) is 59.3 Å². The van der Waals surface area contributed by atoms with Crippen LogP contribution >= 0.6 is 0 Å². The molecule has 0 saturated carbocycles. The van der Waals surface area contributed by atoms with Crippen LogP contribution in [0.5, 0.6) is 0 Å². The first-order valence-corrected chi connectivity index (χ1v) is 8.44. The Hall–Kier alpha value is -3.86. The summed E-state index contributed by atoms with van der Waals surface area (Å²) in [5, 5.41) is 7.70. The fourth-order valence-electron chi connectivity index (χ4n) is 2.77. The van der Waals surface area contributed by atoms with Crippen LogP contribution in [0.1, 0.15) is 20.9 Å². The molecule has 4 aromatic rings. The SMILES string of the molecule is O=C(Nc1ccc(NC(=O)c2ccco2)cc1)c1ccc2ccccc2c1. The number of amides is 2. The molecule has 0 fully saturated rings. The van der Waals surface area contributed by atoms with Gasteiger partial charge in [-0.2, -0.15) is 0 Å². The van der Waals surface area contributed by atoms with Crippen molar-refractivity contribution in [1.29, 1.82) is 0 Å². The summed E-state index contributed by atoms with van der Waals surface area (Å²) < 4.78 is 5.05. The van der Waals surface area contributed by atoms with Gasteiger partial charge in [0.15, 0.2) is 5.76 Å². The fraction of sp³-hybridized carbons (Fsp3) is 0. The zero-order chi connectivity index (χ0) is 18.6. The van der Waals surface area contributed by atoms with E-state index in [-0.39, 0.29) is 17.6 Å². The van der Waals surface area contributed by atoms with Crippen LogP contribution in [-0.2, 0) is 0 Å². The van der Waals surface area contributed by atoms with Crippen molar-refractivity contribution < 1.29 is 14.0 Å². The van der Waals surface area contributed by atoms with Crippen LogP contribution in [0.15, 0.2) is 89.5 Å².